The van der Waals surface area contributed by atoms with Crippen molar-refractivity contribution in [2.75, 3.05) is 5.32 Å². The van der Waals surface area contributed by atoms with Crippen LogP contribution in [0, 0.1) is 13.8 Å². The van der Waals surface area contributed by atoms with Crippen LogP contribution in [0.15, 0.2) is 34.7 Å². The van der Waals surface area contributed by atoms with Crippen LogP contribution in [0.2, 0.25) is 0 Å². The van der Waals surface area contributed by atoms with E-state index >= 15 is 0 Å². The third-order valence-corrected chi connectivity index (χ3v) is 5.29. The van der Waals surface area contributed by atoms with Gasteiger partial charge in [-0.05, 0) is 38.3 Å². The van der Waals surface area contributed by atoms with E-state index in [-0.39, 0.29) is 5.91 Å². The van der Waals surface area contributed by atoms with Gasteiger partial charge in [-0.15, -0.1) is 21.5 Å². The van der Waals surface area contributed by atoms with Gasteiger partial charge >= 0.3 is 0 Å². The first-order chi connectivity index (χ1) is 12.1. The fourth-order valence-electron chi connectivity index (χ4n) is 2.63. The number of thiophene rings is 1. The largest absolute Gasteiger partial charge is 0.420 e. The summed E-state index contributed by atoms with van der Waals surface area (Å²) in [5.41, 5.74) is 3.00. The number of hydrogen-bond donors (Lipinski definition) is 1. The summed E-state index contributed by atoms with van der Waals surface area (Å²) in [4.78, 5) is 14.2. The van der Waals surface area contributed by atoms with E-state index in [9.17, 15) is 4.79 Å². The van der Waals surface area contributed by atoms with Crippen LogP contribution in [0.5, 0.6) is 0 Å². The fraction of sp³-hybridized carbons (Fsp3) is 0.316. The van der Waals surface area contributed by atoms with Crippen molar-refractivity contribution < 1.29 is 9.21 Å². The number of carbonyl (C=O) groups is 1. The number of nitrogens with one attached hydrogen (secondary N) is 1. The number of carbonyl (C=O) groups excluding carboxylic acids is 1. The number of anilines is 1. The predicted octanol–water partition coefficient (Wildman–Crippen LogP) is 4.47. The Morgan fingerprint density at radius 3 is 2.72 bits per heavy atom. The molecule has 1 fully saturated rings. The lowest BCUT2D eigenvalue weighted by Crippen LogP contribution is -2.14. The molecule has 1 aliphatic rings. The molecular weight excluding hydrogens is 334 g/mol. The molecule has 25 heavy (non-hydrogen) atoms. The highest BCUT2D eigenvalue weighted by molar-refractivity contribution is 7.15. The molecule has 2 aromatic heterocycles. The molecule has 2 heterocycles. The lowest BCUT2D eigenvalue weighted by Gasteiger charge is -2.04. The number of aromatic nitrogens is 2. The van der Waals surface area contributed by atoms with Crippen molar-refractivity contribution in [3.63, 3.8) is 0 Å². The number of nitrogens with zero attached hydrogens (tertiary/aromatic N) is 2. The highest BCUT2D eigenvalue weighted by Gasteiger charge is 2.29. The van der Waals surface area contributed by atoms with Crippen molar-refractivity contribution in [1.29, 1.82) is 0 Å². The molecule has 1 aliphatic carbocycles. The zero-order valence-electron chi connectivity index (χ0n) is 14.2. The monoisotopic (exact) mass is 353 g/mol. The van der Waals surface area contributed by atoms with Gasteiger partial charge in [0.25, 0.3) is 5.89 Å². The second kappa shape index (κ2) is 6.44. The summed E-state index contributed by atoms with van der Waals surface area (Å²) in [5.74, 6) is 1.68. The van der Waals surface area contributed by atoms with Crippen LogP contribution in [-0.4, -0.2) is 16.1 Å². The summed E-state index contributed by atoms with van der Waals surface area (Å²) in [6.45, 7) is 4.01. The zero-order valence-corrected chi connectivity index (χ0v) is 15.0. The van der Waals surface area contributed by atoms with Gasteiger partial charge in [0, 0.05) is 10.8 Å². The standard InChI is InChI=1S/C19H19N3O2S/c1-11-3-5-13(6-4-11)9-17(23)20-15-10-16(25-12(15)2)19-22-21-18(24-19)14-7-8-14/h3-6,10,14H,7-9H2,1-2H3,(H,20,23). The second-order valence-corrected chi connectivity index (χ2v) is 7.77. The highest BCUT2D eigenvalue weighted by Crippen LogP contribution is 2.41. The van der Waals surface area contributed by atoms with E-state index in [4.69, 9.17) is 4.42 Å². The smallest absolute Gasteiger partial charge is 0.257 e. The summed E-state index contributed by atoms with van der Waals surface area (Å²) >= 11 is 1.55. The molecule has 1 amide bonds. The SMILES string of the molecule is Cc1ccc(CC(=O)Nc2cc(-c3nnc(C4CC4)o3)sc2C)cc1. The summed E-state index contributed by atoms with van der Waals surface area (Å²) < 4.78 is 5.75. The Bertz CT molecular complexity index is 907. The normalized spacial score (nSPS) is 13.8. The zero-order chi connectivity index (χ0) is 17.4. The Balaban J connectivity index is 1.45. The lowest BCUT2D eigenvalue weighted by molar-refractivity contribution is -0.115. The van der Waals surface area contributed by atoms with E-state index in [1.807, 2.05) is 44.2 Å². The van der Waals surface area contributed by atoms with Gasteiger partial charge in [0.05, 0.1) is 17.0 Å². The molecule has 1 aromatic carbocycles. The molecule has 0 atom stereocenters. The number of benzene rings is 1. The van der Waals surface area contributed by atoms with Gasteiger partial charge in [0.15, 0.2) is 0 Å². The lowest BCUT2D eigenvalue weighted by atomic mass is 10.1. The van der Waals surface area contributed by atoms with Crippen LogP contribution in [0.4, 0.5) is 5.69 Å². The Kier molecular flexibility index (Phi) is 4.13. The first-order valence-electron chi connectivity index (χ1n) is 8.38. The van der Waals surface area contributed by atoms with Gasteiger partial charge in [0.2, 0.25) is 11.8 Å². The Hall–Kier alpha value is -2.47. The molecular formula is C19H19N3O2S. The predicted molar refractivity (Wildman–Crippen MR) is 97.8 cm³/mol. The molecule has 128 valence electrons. The van der Waals surface area contributed by atoms with E-state index in [1.54, 1.807) is 11.3 Å². The van der Waals surface area contributed by atoms with Gasteiger partial charge in [0.1, 0.15) is 0 Å². The maximum Gasteiger partial charge on any atom is 0.257 e. The van der Waals surface area contributed by atoms with Crippen molar-refractivity contribution in [1.82, 2.24) is 10.2 Å². The summed E-state index contributed by atoms with van der Waals surface area (Å²) in [5, 5.41) is 11.2. The Labute approximate surface area is 150 Å². The average molecular weight is 353 g/mol. The van der Waals surface area contributed by atoms with Gasteiger partial charge in [-0.1, -0.05) is 29.8 Å². The summed E-state index contributed by atoms with van der Waals surface area (Å²) in [6, 6.07) is 9.92. The molecule has 0 aliphatic heterocycles. The average Bonchev–Trinajstić information content (AvgIpc) is 3.21. The molecule has 3 aromatic rings. The molecule has 1 N–H and O–H groups in total. The maximum absolute atomic E-state index is 12.3. The minimum Gasteiger partial charge on any atom is -0.420 e. The Morgan fingerprint density at radius 2 is 2.00 bits per heavy atom. The fourth-order valence-corrected chi connectivity index (χ4v) is 3.52. The topological polar surface area (TPSA) is 68.0 Å². The molecule has 0 bridgehead atoms. The number of rotatable bonds is 5. The first kappa shape index (κ1) is 16.0. The third kappa shape index (κ3) is 3.64. The molecule has 0 radical (unpaired) electrons. The molecule has 1 saturated carbocycles. The third-order valence-electron chi connectivity index (χ3n) is 4.26. The van der Waals surface area contributed by atoms with Crippen LogP contribution < -0.4 is 5.32 Å². The van der Waals surface area contributed by atoms with Crippen molar-refractivity contribution in [3.05, 3.63) is 52.2 Å². The minimum atomic E-state index is -0.0273. The van der Waals surface area contributed by atoms with Crippen LogP contribution >= 0.6 is 11.3 Å². The van der Waals surface area contributed by atoms with E-state index in [0.29, 0.717) is 18.2 Å². The molecule has 0 unspecified atom stereocenters. The highest BCUT2D eigenvalue weighted by atomic mass is 32.1. The quantitative estimate of drug-likeness (QED) is 0.734. The van der Waals surface area contributed by atoms with Crippen LogP contribution in [0.25, 0.3) is 10.8 Å². The van der Waals surface area contributed by atoms with E-state index in [2.05, 4.69) is 15.5 Å². The van der Waals surface area contributed by atoms with Crippen molar-refractivity contribution in [2.45, 2.75) is 39.0 Å². The van der Waals surface area contributed by atoms with Crippen LogP contribution in [0.3, 0.4) is 0 Å². The number of aryl methyl sites for hydroxylation is 2. The van der Waals surface area contributed by atoms with E-state index < -0.39 is 0 Å². The molecule has 0 saturated heterocycles. The van der Waals surface area contributed by atoms with Crippen LogP contribution in [-0.2, 0) is 11.2 Å². The van der Waals surface area contributed by atoms with Gasteiger partial charge in [-0.3, -0.25) is 4.79 Å². The number of amides is 1. The van der Waals surface area contributed by atoms with Crippen molar-refractivity contribution >= 4 is 22.9 Å². The minimum absolute atomic E-state index is 0.0273. The second-order valence-electron chi connectivity index (χ2n) is 6.51. The van der Waals surface area contributed by atoms with E-state index in [0.717, 1.165) is 39.7 Å². The molecule has 5 nitrogen and oxygen atoms in total. The molecule has 0 spiro atoms. The molecule has 4 rings (SSSR count). The summed E-state index contributed by atoms with van der Waals surface area (Å²) in [7, 11) is 0. The number of hydrogen-bond acceptors (Lipinski definition) is 5. The maximum atomic E-state index is 12.3. The van der Waals surface area contributed by atoms with E-state index in [1.165, 1.54) is 5.56 Å². The van der Waals surface area contributed by atoms with Gasteiger partial charge < -0.3 is 9.73 Å². The van der Waals surface area contributed by atoms with Gasteiger partial charge in [-0.25, -0.2) is 0 Å². The van der Waals surface area contributed by atoms with Crippen molar-refractivity contribution in [3.8, 4) is 10.8 Å². The molecule has 6 heteroatoms. The first-order valence-corrected chi connectivity index (χ1v) is 9.20. The summed E-state index contributed by atoms with van der Waals surface area (Å²) in [6.07, 6.45) is 2.62. The van der Waals surface area contributed by atoms with Gasteiger partial charge in [-0.2, -0.15) is 0 Å². The van der Waals surface area contributed by atoms with Crippen molar-refractivity contribution in [2.24, 2.45) is 0 Å². The Morgan fingerprint density at radius 1 is 1.24 bits per heavy atom. The van der Waals surface area contributed by atoms with Crippen LogP contribution in [0.1, 0.15) is 40.7 Å².